The van der Waals surface area contributed by atoms with Gasteiger partial charge in [0.05, 0.1) is 5.69 Å². The molecule has 1 aromatic heterocycles. The standard InChI is InChI=1S/C18H25N3/c1-5-8-16-17(15-10-7-9-13(3)14(15)4)20-12-21-18(16)19-11-6-2/h7,9-10,12H,5-6,8,11H2,1-4H3,(H,19,20,21). The van der Waals surface area contributed by atoms with E-state index in [9.17, 15) is 0 Å². The first kappa shape index (κ1) is 15.5. The Labute approximate surface area is 127 Å². The molecule has 2 aromatic rings. The van der Waals surface area contributed by atoms with Crippen LogP contribution in [-0.4, -0.2) is 16.5 Å². The Hall–Kier alpha value is -1.90. The molecule has 0 unspecified atom stereocenters. The highest BCUT2D eigenvalue weighted by molar-refractivity contribution is 5.71. The lowest BCUT2D eigenvalue weighted by molar-refractivity contribution is 0.892. The number of benzene rings is 1. The highest BCUT2D eigenvalue weighted by atomic mass is 15.0. The highest BCUT2D eigenvalue weighted by Gasteiger charge is 2.14. The van der Waals surface area contributed by atoms with Crippen LogP contribution in [0.1, 0.15) is 43.4 Å². The fourth-order valence-electron chi connectivity index (χ4n) is 2.53. The van der Waals surface area contributed by atoms with E-state index in [0.29, 0.717) is 0 Å². The van der Waals surface area contributed by atoms with Gasteiger partial charge in [-0.1, -0.05) is 38.5 Å². The third-order valence-electron chi connectivity index (χ3n) is 3.85. The molecule has 21 heavy (non-hydrogen) atoms. The first-order chi connectivity index (χ1) is 10.2. The maximum atomic E-state index is 4.59. The van der Waals surface area contributed by atoms with Crippen LogP contribution in [0.4, 0.5) is 5.82 Å². The Kier molecular flexibility index (Phi) is 5.32. The van der Waals surface area contributed by atoms with Crippen molar-refractivity contribution in [2.24, 2.45) is 0 Å². The smallest absolute Gasteiger partial charge is 0.133 e. The van der Waals surface area contributed by atoms with Crippen molar-refractivity contribution in [1.82, 2.24) is 9.97 Å². The average Bonchev–Trinajstić information content (AvgIpc) is 2.49. The normalized spacial score (nSPS) is 10.7. The summed E-state index contributed by atoms with van der Waals surface area (Å²) >= 11 is 0. The SMILES string of the molecule is CCCNc1ncnc(-c2cccc(C)c2C)c1CCC. The minimum Gasteiger partial charge on any atom is -0.370 e. The van der Waals surface area contributed by atoms with Gasteiger partial charge in [0.15, 0.2) is 0 Å². The highest BCUT2D eigenvalue weighted by Crippen LogP contribution is 2.30. The Balaban J connectivity index is 2.54. The Morgan fingerprint density at radius 2 is 1.86 bits per heavy atom. The predicted octanol–water partition coefficient (Wildman–Crippen LogP) is 4.53. The molecule has 0 aliphatic rings. The van der Waals surface area contributed by atoms with Crippen molar-refractivity contribution in [1.29, 1.82) is 0 Å². The molecule has 0 spiro atoms. The summed E-state index contributed by atoms with van der Waals surface area (Å²) < 4.78 is 0. The van der Waals surface area contributed by atoms with Gasteiger partial charge in [0.25, 0.3) is 0 Å². The van der Waals surface area contributed by atoms with Crippen molar-refractivity contribution in [2.75, 3.05) is 11.9 Å². The molecule has 0 amide bonds. The Bertz CT molecular complexity index is 605. The van der Waals surface area contributed by atoms with Crippen LogP contribution in [0.25, 0.3) is 11.3 Å². The van der Waals surface area contributed by atoms with Crippen LogP contribution in [0, 0.1) is 13.8 Å². The fourth-order valence-corrected chi connectivity index (χ4v) is 2.53. The van der Waals surface area contributed by atoms with Gasteiger partial charge in [-0.05, 0) is 37.8 Å². The molecule has 112 valence electrons. The van der Waals surface area contributed by atoms with Crippen LogP contribution in [0.15, 0.2) is 24.5 Å². The third kappa shape index (κ3) is 3.41. The number of nitrogens with zero attached hydrogens (tertiary/aromatic N) is 2. The second-order valence-electron chi connectivity index (χ2n) is 5.47. The van der Waals surface area contributed by atoms with Gasteiger partial charge in [0, 0.05) is 17.7 Å². The van der Waals surface area contributed by atoms with Crippen LogP contribution >= 0.6 is 0 Å². The molecular formula is C18H25N3. The van der Waals surface area contributed by atoms with Crippen molar-refractivity contribution in [3.63, 3.8) is 0 Å². The molecule has 0 aliphatic heterocycles. The van der Waals surface area contributed by atoms with Gasteiger partial charge in [-0.3, -0.25) is 0 Å². The number of nitrogens with one attached hydrogen (secondary N) is 1. The summed E-state index contributed by atoms with van der Waals surface area (Å²) in [7, 11) is 0. The summed E-state index contributed by atoms with van der Waals surface area (Å²) in [6.45, 7) is 9.63. The van der Waals surface area contributed by atoms with Gasteiger partial charge in [-0.25, -0.2) is 9.97 Å². The lowest BCUT2D eigenvalue weighted by atomic mass is 9.96. The average molecular weight is 283 g/mol. The van der Waals surface area contributed by atoms with E-state index >= 15 is 0 Å². The van der Waals surface area contributed by atoms with Crippen LogP contribution in [0.5, 0.6) is 0 Å². The van der Waals surface area contributed by atoms with E-state index in [1.165, 1.54) is 22.3 Å². The topological polar surface area (TPSA) is 37.8 Å². The maximum absolute atomic E-state index is 4.59. The second kappa shape index (κ2) is 7.21. The molecule has 3 heteroatoms. The molecule has 1 aromatic carbocycles. The van der Waals surface area contributed by atoms with Crippen LogP contribution in [-0.2, 0) is 6.42 Å². The van der Waals surface area contributed by atoms with E-state index in [0.717, 1.165) is 37.3 Å². The Morgan fingerprint density at radius 3 is 2.57 bits per heavy atom. The summed E-state index contributed by atoms with van der Waals surface area (Å²) in [6, 6.07) is 6.41. The first-order valence-electron chi connectivity index (χ1n) is 7.83. The summed E-state index contributed by atoms with van der Waals surface area (Å²) in [5.41, 5.74) is 6.14. The lowest BCUT2D eigenvalue weighted by Gasteiger charge is -2.16. The second-order valence-corrected chi connectivity index (χ2v) is 5.47. The van der Waals surface area contributed by atoms with E-state index < -0.39 is 0 Å². The van der Waals surface area contributed by atoms with E-state index in [1.807, 2.05) is 0 Å². The molecule has 0 bridgehead atoms. The number of aryl methyl sites for hydroxylation is 1. The van der Waals surface area contributed by atoms with Crippen LogP contribution in [0.3, 0.4) is 0 Å². The Morgan fingerprint density at radius 1 is 1.05 bits per heavy atom. The molecule has 1 N–H and O–H groups in total. The van der Waals surface area contributed by atoms with Gasteiger partial charge < -0.3 is 5.32 Å². The molecule has 0 saturated carbocycles. The number of rotatable bonds is 6. The lowest BCUT2D eigenvalue weighted by Crippen LogP contribution is -2.08. The molecule has 1 heterocycles. The van der Waals surface area contributed by atoms with E-state index in [-0.39, 0.29) is 0 Å². The van der Waals surface area contributed by atoms with Gasteiger partial charge in [0.1, 0.15) is 12.1 Å². The monoisotopic (exact) mass is 283 g/mol. The number of hydrogen-bond donors (Lipinski definition) is 1. The molecule has 0 radical (unpaired) electrons. The van der Waals surface area contributed by atoms with Gasteiger partial charge >= 0.3 is 0 Å². The molecule has 0 saturated heterocycles. The maximum Gasteiger partial charge on any atom is 0.133 e. The zero-order valence-corrected chi connectivity index (χ0v) is 13.5. The molecular weight excluding hydrogens is 258 g/mol. The summed E-state index contributed by atoms with van der Waals surface area (Å²) in [6.07, 6.45) is 4.85. The summed E-state index contributed by atoms with van der Waals surface area (Å²) in [5.74, 6) is 0.990. The minimum absolute atomic E-state index is 0.944. The van der Waals surface area contributed by atoms with Crippen LogP contribution in [0.2, 0.25) is 0 Å². The number of anilines is 1. The quantitative estimate of drug-likeness (QED) is 0.846. The molecule has 3 nitrogen and oxygen atoms in total. The zero-order valence-electron chi connectivity index (χ0n) is 13.5. The van der Waals surface area contributed by atoms with Gasteiger partial charge in [0.2, 0.25) is 0 Å². The van der Waals surface area contributed by atoms with Gasteiger partial charge in [-0.2, -0.15) is 0 Å². The van der Waals surface area contributed by atoms with E-state index in [4.69, 9.17) is 0 Å². The predicted molar refractivity (Wildman–Crippen MR) is 89.7 cm³/mol. The van der Waals surface area contributed by atoms with Crippen LogP contribution < -0.4 is 5.32 Å². The number of aromatic nitrogens is 2. The summed E-state index contributed by atoms with van der Waals surface area (Å²) in [5, 5.41) is 3.44. The minimum atomic E-state index is 0.944. The fraction of sp³-hybridized carbons (Fsp3) is 0.444. The summed E-state index contributed by atoms with van der Waals surface area (Å²) in [4.78, 5) is 9.04. The van der Waals surface area contributed by atoms with Crippen molar-refractivity contribution >= 4 is 5.82 Å². The van der Waals surface area contributed by atoms with Gasteiger partial charge in [-0.15, -0.1) is 0 Å². The molecule has 0 atom stereocenters. The van der Waals surface area contributed by atoms with Crippen molar-refractivity contribution in [3.8, 4) is 11.3 Å². The van der Waals surface area contributed by atoms with E-state index in [2.05, 4.69) is 61.2 Å². The van der Waals surface area contributed by atoms with Crippen molar-refractivity contribution in [3.05, 3.63) is 41.2 Å². The number of hydrogen-bond acceptors (Lipinski definition) is 3. The zero-order chi connectivity index (χ0) is 15.2. The van der Waals surface area contributed by atoms with Crippen molar-refractivity contribution in [2.45, 2.75) is 47.0 Å². The molecule has 0 aliphatic carbocycles. The van der Waals surface area contributed by atoms with Crippen molar-refractivity contribution < 1.29 is 0 Å². The van der Waals surface area contributed by atoms with E-state index in [1.54, 1.807) is 6.33 Å². The first-order valence-corrected chi connectivity index (χ1v) is 7.83. The largest absolute Gasteiger partial charge is 0.370 e. The molecule has 0 fully saturated rings. The molecule has 2 rings (SSSR count). The third-order valence-corrected chi connectivity index (χ3v) is 3.85.